The van der Waals surface area contributed by atoms with Crippen LogP contribution in [0.5, 0.6) is 17.2 Å². The second-order valence-corrected chi connectivity index (χ2v) is 6.11. The van der Waals surface area contributed by atoms with Gasteiger partial charge in [-0.15, -0.1) is 0 Å². The van der Waals surface area contributed by atoms with E-state index in [2.05, 4.69) is 5.32 Å². The van der Waals surface area contributed by atoms with Gasteiger partial charge in [0.1, 0.15) is 17.2 Å². The number of phenolic OH excluding ortho intramolecular Hbond substituents is 3. The lowest BCUT2D eigenvalue weighted by Crippen LogP contribution is -2.24. The minimum Gasteiger partial charge on any atom is -0.507 e. The third-order valence-electron chi connectivity index (χ3n) is 4.48. The average Bonchev–Trinajstić information content (AvgIpc) is 2.64. The molecule has 0 atom stereocenters. The van der Waals surface area contributed by atoms with Crippen LogP contribution in [0, 0.1) is 0 Å². The van der Waals surface area contributed by atoms with Crippen molar-refractivity contribution in [2.45, 2.75) is 0 Å². The summed E-state index contributed by atoms with van der Waals surface area (Å²) in [6.07, 6.45) is 0. The standard InChI is InChI=1S/C20H14N2O5/c21-9-5-7-13(24)17-15(9)19(26)16-11(6-8-14(25)18(16)20(17)27)22-10-3-1-2-4-12(10)23/h1-8,22-25H,21H2. The Bertz CT molecular complexity index is 1140. The molecule has 3 aromatic carbocycles. The van der Waals surface area contributed by atoms with Crippen molar-refractivity contribution >= 4 is 28.6 Å². The number of ketones is 2. The summed E-state index contributed by atoms with van der Waals surface area (Å²) in [4.78, 5) is 26.0. The second kappa shape index (κ2) is 5.77. The number of rotatable bonds is 2. The molecule has 0 saturated heterocycles. The highest BCUT2D eigenvalue weighted by Gasteiger charge is 2.37. The summed E-state index contributed by atoms with van der Waals surface area (Å²) in [5.41, 5.74) is 5.81. The second-order valence-electron chi connectivity index (χ2n) is 6.11. The maximum Gasteiger partial charge on any atom is 0.202 e. The van der Waals surface area contributed by atoms with Crippen LogP contribution in [0.4, 0.5) is 17.1 Å². The maximum atomic E-state index is 13.1. The Hall–Kier alpha value is -4.00. The molecular formula is C20H14N2O5. The molecule has 0 fully saturated rings. The minimum absolute atomic E-state index is 0.0450. The zero-order chi connectivity index (χ0) is 19.3. The van der Waals surface area contributed by atoms with Crippen LogP contribution in [0.25, 0.3) is 0 Å². The zero-order valence-electron chi connectivity index (χ0n) is 13.9. The number of hydrogen-bond donors (Lipinski definition) is 5. The van der Waals surface area contributed by atoms with E-state index in [-0.39, 0.29) is 45.1 Å². The molecule has 0 bridgehead atoms. The fourth-order valence-corrected chi connectivity index (χ4v) is 3.22. The summed E-state index contributed by atoms with van der Waals surface area (Å²) in [5, 5.41) is 33.2. The summed E-state index contributed by atoms with van der Waals surface area (Å²) < 4.78 is 0. The van der Waals surface area contributed by atoms with Crippen LogP contribution in [-0.4, -0.2) is 26.9 Å². The van der Waals surface area contributed by atoms with Gasteiger partial charge in [0.05, 0.1) is 33.6 Å². The summed E-state index contributed by atoms with van der Waals surface area (Å²) in [6, 6.07) is 11.6. The third kappa shape index (κ3) is 2.36. The predicted molar refractivity (Wildman–Crippen MR) is 98.9 cm³/mol. The van der Waals surface area contributed by atoms with Crippen LogP contribution in [-0.2, 0) is 0 Å². The molecule has 0 amide bonds. The van der Waals surface area contributed by atoms with Crippen molar-refractivity contribution in [3.8, 4) is 17.2 Å². The topological polar surface area (TPSA) is 133 Å². The molecule has 1 aliphatic carbocycles. The monoisotopic (exact) mass is 362 g/mol. The molecule has 0 aromatic heterocycles. The molecule has 1 aliphatic rings. The molecule has 7 heteroatoms. The largest absolute Gasteiger partial charge is 0.507 e. The van der Waals surface area contributed by atoms with Gasteiger partial charge in [0.25, 0.3) is 0 Å². The van der Waals surface area contributed by atoms with E-state index in [9.17, 15) is 24.9 Å². The van der Waals surface area contributed by atoms with Gasteiger partial charge in [-0.2, -0.15) is 0 Å². The molecule has 3 aromatic rings. The fraction of sp³-hybridized carbons (Fsp3) is 0. The Morgan fingerprint density at radius 1 is 0.630 bits per heavy atom. The average molecular weight is 362 g/mol. The van der Waals surface area contributed by atoms with Gasteiger partial charge in [0.2, 0.25) is 5.78 Å². The molecule has 4 rings (SSSR count). The predicted octanol–water partition coefficient (Wildman–Crippen LogP) is 2.90. The van der Waals surface area contributed by atoms with Gasteiger partial charge in [-0.05, 0) is 36.4 Å². The SMILES string of the molecule is Nc1ccc(O)c2c1C(=O)c1c(Nc3ccccc3O)ccc(O)c1C2=O. The van der Waals surface area contributed by atoms with E-state index in [4.69, 9.17) is 5.73 Å². The van der Waals surface area contributed by atoms with E-state index >= 15 is 0 Å². The number of aromatic hydroxyl groups is 3. The van der Waals surface area contributed by atoms with Crippen LogP contribution >= 0.6 is 0 Å². The first-order valence-electron chi connectivity index (χ1n) is 8.02. The molecule has 0 aliphatic heterocycles. The number of nitrogen functional groups attached to an aromatic ring is 1. The van der Waals surface area contributed by atoms with Gasteiger partial charge in [-0.25, -0.2) is 0 Å². The van der Waals surface area contributed by atoms with Crippen molar-refractivity contribution in [3.05, 3.63) is 70.8 Å². The van der Waals surface area contributed by atoms with Gasteiger partial charge in [0.15, 0.2) is 5.78 Å². The number of carbonyl (C=O) groups excluding carboxylic acids is 2. The van der Waals surface area contributed by atoms with E-state index in [0.29, 0.717) is 5.69 Å². The van der Waals surface area contributed by atoms with Gasteiger partial charge >= 0.3 is 0 Å². The summed E-state index contributed by atoms with van der Waals surface area (Å²) >= 11 is 0. The Kier molecular flexibility index (Phi) is 3.52. The molecule has 0 spiro atoms. The molecule has 27 heavy (non-hydrogen) atoms. The number of nitrogens with two attached hydrogens (primary N) is 1. The van der Waals surface area contributed by atoms with Gasteiger partial charge < -0.3 is 26.4 Å². The first-order chi connectivity index (χ1) is 12.9. The van der Waals surface area contributed by atoms with E-state index < -0.39 is 17.3 Å². The van der Waals surface area contributed by atoms with E-state index in [1.165, 1.54) is 30.3 Å². The fourth-order valence-electron chi connectivity index (χ4n) is 3.22. The Labute approximate surface area is 153 Å². The van der Waals surface area contributed by atoms with Crippen molar-refractivity contribution in [2.75, 3.05) is 11.1 Å². The van der Waals surface area contributed by atoms with Crippen molar-refractivity contribution in [1.29, 1.82) is 0 Å². The number of nitrogens with one attached hydrogen (secondary N) is 1. The van der Waals surface area contributed by atoms with Crippen LogP contribution < -0.4 is 11.1 Å². The lowest BCUT2D eigenvalue weighted by Gasteiger charge is -2.23. The van der Waals surface area contributed by atoms with E-state index in [1.54, 1.807) is 18.2 Å². The van der Waals surface area contributed by atoms with Crippen molar-refractivity contribution in [2.24, 2.45) is 0 Å². The Morgan fingerprint density at radius 3 is 1.93 bits per heavy atom. The highest BCUT2D eigenvalue weighted by Crippen LogP contribution is 2.42. The highest BCUT2D eigenvalue weighted by atomic mass is 16.3. The van der Waals surface area contributed by atoms with E-state index in [0.717, 1.165) is 0 Å². The summed E-state index contributed by atoms with van der Waals surface area (Å²) in [7, 11) is 0. The molecule has 7 nitrogen and oxygen atoms in total. The number of anilines is 3. The van der Waals surface area contributed by atoms with Crippen LogP contribution in [0.3, 0.4) is 0 Å². The molecule has 134 valence electrons. The molecule has 6 N–H and O–H groups in total. The minimum atomic E-state index is -0.706. The number of carbonyl (C=O) groups is 2. The first kappa shape index (κ1) is 16.5. The quantitative estimate of drug-likeness (QED) is 0.210. The van der Waals surface area contributed by atoms with Gasteiger partial charge in [-0.3, -0.25) is 9.59 Å². The number of fused-ring (bicyclic) bond motifs is 2. The normalized spacial score (nSPS) is 12.4. The maximum absolute atomic E-state index is 13.1. The van der Waals surface area contributed by atoms with E-state index in [1.807, 2.05) is 0 Å². The van der Waals surface area contributed by atoms with Crippen LogP contribution in [0.15, 0.2) is 48.5 Å². The smallest absolute Gasteiger partial charge is 0.202 e. The first-order valence-corrected chi connectivity index (χ1v) is 8.02. The van der Waals surface area contributed by atoms with Crippen molar-refractivity contribution in [1.82, 2.24) is 0 Å². The van der Waals surface area contributed by atoms with Crippen molar-refractivity contribution < 1.29 is 24.9 Å². The molecular weight excluding hydrogens is 348 g/mol. The Morgan fingerprint density at radius 2 is 1.22 bits per heavy atom. The van der Waals surface area contributed by atoms with Gasteiger partial charge in [-0.1, -0.05) is 12.1 Å². The van der Waals surface area contributed by atoms with Gasteiger partial charge in [0, 0.05) is 5.69 Å². The molecule has 0 saturated carbocycles. The summed E-state index contributed by atoms with van der Waals surface area (Å²) in [6.45, 7) is 0. The lowest BCUT2D eigenvalue weighted by atomic mass is 9.81. The van der Waals surface area contributed by atoms with Crippen LogP contribution in [0.2, 0.25) is 0 Å². The lowest BCUT2D eigenvalue weighted by molar-refractivity contribution is 0.0975. The molecule has 0 heterocycles. The Balaban J connectivity index is 1.96. The van der Waals surface area contributed by atoms with Crippen LogP contribution in [0.1, 0.15) is 31.8 Å². The molecule has 0 radical (unpaired) electrons. The number of benzene rings is 3. The number of phenols is 3. The summed E-state index contributed by atoms with van der Waals surface area (Å²) in [5.74, 6) is -2.14. The zero-order valence-corrected chi connectivity index (χ0v) is 13.9. The third-order valence-corrected chi connectivity index (χ3v) is 4.48. The van der Waals surface area contributed by atoms with Crippen molar-refractivity contribution in [3.63, 3.8) is 0 Å². The number of para-hydroxylation sites is 2. The molecule has 0 unspecified atom stereocenters. The number of hydrogen-bond acceptors (Lipinski definition) is 7. The highest BCUT2D eigenvalue weighted by molar-refractivity contribution is 6.33.